The van der Waals surface area contributed by atoms with Crippen LogP contribution in [0.3, 0.4) is 0 Å². The molecule has 3 heterocycles. The molecule has 0 aliphatic heterocycles. The van der Waals surface area contributed by atoms with Crippen LogP contribution in [0.5, 0.6) is 0 Å². The molecule has 1 aliphatic rings. The first-order chi connectivity index (χ1) is 10.3. The van der Waals surface area contributed by atoms with Crippen molar-refractivity contribution in [3.05, 3.63) is 30.5 Å². The molecule has 0 unspecified atom stereocenters. The third-order valence-corrected chi connectivity index (χ3v) is 4.02. The van der Waals surface area contributed by atoms with E-state index in [1.807, 2.05) is 25.5 Å². The lowest BCUT2D eigenvalue weighted by Gasteiger charge is -2.34. The molecule has 4 N–H and O–H groups in total. The highest BCUT2D eigenvalue weighted by Crippen LogP contribution is 2.36. The van der Waals surface area contributed by atoms with Gasteiger partial charge in [0.1, 0.15) is 11.3 Å². The average molecular weight is 283 g/mol. The summed E-state index contributed by atoms with van der Waals surface area (Å²) in [6.45, 7) is 0. The molecule has 0 saturated heterocycles. The summed E-state index contributed by atoms with van der Waals surface area (Å²) in [5.74, 6) is 3.08. The van der Waals surface area contributed by atoms with Gasteiger partial charge in [-0.05, 0) is 18.9 Å². The molecule has 0 bridgehead atoms. The van der Waals surface area contributed by atoms with Crippen molar-refractivity contribution in [2.24, 2.45) is 0 Å². The van der Waals surface area contributed by atoms with Crippen LogP contribution in [0.1, 0.15) is 24.6 Å². The molecule has 0 aromatic carbocycles. The van der Waals surface area contributed by atoms with Crippen LogP contribution in [0.25, 0.3) is 11.0 Å². The van der Waals surface area contributed by atoms with Gasteiger partial charge in [0, 0.05) is 37.6 Å². The Balaban J connectivity index is 1.48. The van der Waals surface area contributed by atoms with E-state index in [0.29, 0.717) is 17.9 Å². The van der Waals surface area contributed by atoms with Crippen LogP contribution in [-0.4, -0.2) is 38.0 Å². The van der Waals surface area contributed by atoms with Gasteiger partial charge in [-0.2, -0.15) is 4.98 Å². The highest BCUT2D eigenvalue weighted by atomic mass is 15.2. The third kappa shape index (κ3) is 2.10. The molecule has 0 amide bonds. The van der Waals surface area contributed by atoms with Gasteiger partial charge in [0.05, 0.1) is 5.52 Å². The summed E-state index contributed by atoms with van der Waals surface area (Å²) in [6.07, 6.45) is 7.66. The van der Waals surface area contributed by atoms with Crippen LogP contribution in [0, 0.1) is 0 Å². The minimum atomic E-state index is 0.404. The summed E-state index contributed by atoms with van der Waals surface area (Å²) in [5.41, 5.74) is 1.85. The number of aromatic amines is 2. The SMILES string of the molecule is CNc1nc(NC2CC(c3ncc[nH]3)C2)nc2cc[nH]c12. The molecule has 7 nitrogen and oxygen atoms in total. The normalized spacial score (nSPS) is 21.2. The van der Waals surface area contributed by atoms with E-state index in [4.69, 9.17) is 0 Å². The number of H-pyrrole nitrogens is 2. The second-order valence-corrected chi connectivity index (χ2v) is 5.37. The summed E-state index contributed by atoms with van der Waals surface area (Å²) in [5, 5.41) is 6.51. The molecule has 108 valence electrons. The lowest BCUT2D eigenvalue weighted by Crippen LogP contribution is -2.35. The molecule has 0 atom stereocenters. The Morgan fingerprint density at radius 2 is 2.10 bits per heavy atom. The molecule has 0 spiro atoms. The lowest BCUT2D eigenvalue weighted by molar-refractivity contribution is 0.360. The largest absolute Gasteiger partial charge is 0.371 e. The number of aromatic nitrogens is 5. The first kappa shape index (κ1) is 12.2. The smallest absolute Gasteiger partial charge is 0.225 e. The standard InChI is InChI=1S/C14H17N7/c1-15-13-11-10(2-3-16-11)20-14(21-13)19-9-6-8(7-9)12-17-4-5-18-12/h2-5,8-9,16H,6-7H2,1H3,(H,17,18)(H2,15,19,20,21). The van der Waals surface area contributed by atoms with E-state index in [1.54, 1.807) is 6.20 Å². The Bertz CT molecular complexity index is 740. The summed E-state index contributed by atoms with van der Waals surface area (Å²) < 4.78 is 0. The Morgan fingerprint density at radius 3 is 2.86 bits per heavy atom. The maximum Gasteiger partial charge on any atom is 0.225 e. The summed E-state index contributed by atoms with van der Waals surface area (Å²) >= 11 is 0. The second-order valence-electron chi connectivity index (χ2n) is 5.37. The van der Waals surface area contributed by atoms with Gasteiger partial charge in [0.25, 0.3) is 0 Å². The van der Waals surface area contributed by atoms with Crippen molar-refractivity contribution in [3.8, 4) is 0 Å². The van der Waals surface area contributed by atoms with Crippen LogP contribution in [0.4, 0.5) is 11.8 Å². The number of nitrogens with one attached hydrogen (secondary N) is 4. The van der Waals surface area contributed by atoms with Gasteiger partial charge in [0.15, 0.2) is 5.82 Å². The molecular formula is C14H17N7. The maximum absolute atomic E-state index is 4.54. The van der Waals surface area contributed by atoms with E-state index < -0.39 is 0 Å². The van der Waals surface area contributed by atoms with Crippen LogP contribution in [0.2, 0.25) is 0 Å². The molecule has 1 fully saturated rings. The zero-order valence-corrected chi connectivity index (χ0v) is 11.7. The fraction of sp³-hybridized carbons (Fsp3) is 0.357. The molecule has 3 aromatic rings. The monoisotopic (exact) mass is 283 g/mol. The van der Waals surface area contributed by atoms with Gasteiger partial charge in [0.2, 0.25) is 5.95 Å². The highest BCUT2D eigenvalue weighted by Gasteiger charge is 2.32. The van der Waals surface area contributed by atoms with Crippen molar-refractivity contribution in [2.75, 3.05) is 17.7 Å². The van der Waals surface area contributed by atoms with E-state index >= 15 is 0 Å². The number of hydrogen-bond acceptors (Lipinski definition) is 5. The van der Waals surface area contributed by atoms with Gasteiger partial charge in [-0.25, -0.2) is 9.97 Å². The van der Waals surface area contributed by atoms with Gasteiger partial charge in [-0.1, -0.05) is 0 Å². The molecule has 3 aromatic heterocycles. The topological polar surface area (TPSA) is 94.3 Å². The lowest BCUT2D eigenvalue weighted by atomic mass is 9.80. The predicted molar refractivity (Wildman–Crippen MR) is 81.4 cm³/mol. The Hall–Kier alpha value is -2.57. The van der Waals surface area contributed by atoms with Crippen molar-refractivity contribution < 1.29 is 0 Å². The van der Waals surface area contributed by atoms with E-state index in [0.717, 1.165) is 35.5 Å². The van der Waals surface area contributed by atoms with Gasteiger partial charge in [-0.3, -0.25) is 0 Å². The molecule has 1 aliphatic carbocycles. The summed E-state index contributed by atoms with van der Waals surface area (Å²) in [4.78, 5) is 19.7. The minimum absolute atomic E-state index is 0.404. The minimum Gasteiger partial charge on any atom is -0.371 e. The molecule has 0 radical (unpaired) electrons. The quantitative estimate of drug-likeness (QED) is 0.588. The van der Waals surface area contributed by atoms with Crippen LogP contribution >= 0.6 is 0 Å². The Morgan fingerprint density at radius 1 is 1.19 bits per heavy atom. The number of hydrogen-bond donors (Lipinski definition) is 4. The number of rotatable bonds is 4. The third-order valence-electron chi connectivity index (χ3n) is 4.02. The molecule has 21 heavy (non-hydrogen) atoms. The fourth-order valence-electron chi connectivity index (χ4n) is 2.83. The fourth-order valence-corrected chi connectivity index (χ4v) is 2.83. The van der Waals surface area contributed by atoms with Crippen LogP contribution in [0.15, 0.2) is 24.7 Å². The number of fused-ring (bicyclic) bond motifs is 1. The molecule has 1 saturated carbocycles. The Labute approximate surface area is 121 Å². The Kier molecular flexibility index (Phi) is 2.77. The molecule has 7 heteroatoms. The average Bonchev–Trinajstić information content (AvgIpc) is 3.12. The first-order valence-electron chi connectivity index (χ1n) is 7.12. The van der Waals surface area contributed by atoms with Gasteiger partial charge >= 0.3 is 0 Å². The second kappa shape index (κ2) is 4.76. The van der Waals surface area contributed by atoms with Crippen molar-refractivity contribution in [2.45, 2.75) is 24.8 Å². The van der Waals surface area contributed by atoms with E-state index in [9.17, 15) is 0 Å². The van der Waals surface area contributed by atoms with Gasteiger partial charge < -0.3 is 20.6 Å². The first-order valence-corrected chi connectivity index (χ1v) is 7.12. The number of imidazole rings is 1. The molecular weight excluding hydrogens is 266 g/mol. The van der Waals surface area contributed by atoms with Crippen molar-refractivity contribution in [1.82, 2.24) is 24.9 Å². The van der Waals surface area contributed by atoms with Crippen molar-refractivity contribution >= 4 is 22.8 Å². The van der Waals surface area contributed by atoms with E-state index in [1.165, 1.54) is 0 Å². The zero-order valence-electron chi connectivity index (χ0n) is 11.7. The zero-order chi connectivity index (χ0) is 14.2. The molecule has 4 rings (SSSR count). The number of anilines is 2. The van der Waals surface area contributed by atoms with E-state index in [-0.39, 0.29) is 0 Å². The number of nitrogens with zero attached hydrogens (tertiary/aromatic N) is 3. The highest BCUT2D eigenvalue weighted by molar-refractivity contribution is 5.86. The van der Waals surface area contributed by atoms with Crippen molar-refractivity contribution in [3.63, 3.8) is 0 Å². The van der Waals surface area contributed by atoms with Gasteiger partial charge in [-0.15, -0.1) is 0 Å². The van der Waals surface area contributed by atoms with Crippen LogP contribution in [-0.2, 0) is 0 Å². The summed E-state index contributed by atoms with van der Waals surface area (Å²) in [7, 11) is 1.86. The van der Waals surface area contributed by atoms with Crippen LogP contribution < -0.4 is 10.6 Å². The predicted octanol–water partition coefficient (Wildman–Crippen LogP) is 2.08. The maximum atomic E-state index is 4.54. The van der Waals surface area contributed by atoms with Crippen molar-refractivity contribution in [1.29, 1.82) is 0 Å². The summed E-state index contributed by atoms with van der Waals surface area (Å²) in [6, 6.07) is 2.36. The van der Waals surface area contributed by atoms with E-state index in [2.05, 4.69) is 35.6 Å².